The van der Waals surface area contributed by atoms with E-state index in [2.05, 4.69) is 34.6 Å². The molecule has 0 radical (unpaired) electrons. The van der Waals surface area contributed by atoms with Gasteiger partial charge in [-0.25, -0.2) is 0 Å². The maximum atomic E-state index is 10.9. The van der Waals surface area contributed by atoms with E-state index in [1.807, 2.05) is 0 Å². The molecule has 0 saturated heterocycles. The lowest BCUT2D eigenvalue weighted by Gasteiger charge is -2.33. The van der Waals surface area contributed by atoms with Gasteiger partial charge in [0.2, 0.25) is 0 Å². The van der Waals surface area contributed by atoms with Gasteiger partial charge in [-0.1, -0.05) is 98.8 Å². The van der Waals surface area contributed by atoms with Gasteiger partial charge >= 0.3 is 0 Å². The van der Waals surface area contributed by atoms with Crippen LogP contribution in [0.1, 0.15) is 131 Å². The van der Waals surface area contributed by atoms with Crippen LogP contribution in [0.3, 0.4) is 0 Å². The highest BCUT2D eigenvalue weighted by molar-refractivity contribution is 4.80. The highest BCUT2D eigenvalue weighted by atomic mass is 16.3. The Kier molecular flexibility index (Phi) is 12.5. The van der Waals surface area contributed by atoms with Crippen LogP contribution in [-0.2, 0) is 0 Å². The van der Waals surface area contributed by atoms with E-state index in [0.717, 1.165) is 43.4 Å². The summed E-state index contributed by atoms with van der Waals surface area (Å²) in [5.41, 5.74) is 0. The van der Waals surface area contributed by atoms with Gasteiger partial charge in [-0.3, -0.25) is 0 Å². The maximum absolute atomic E-state index is 10.9. The third-order valence-electron chi connectivity index (χ3n) is 9.19. The smallest absolute Gasteiger partial charge is 0.0571 e. The molecular weight excluding hydrogens is 380 g/mol. The van der Waals surface area contributed by atoms with Crippen LogP contribution in [0, 0.1) is 41.4 Å². The van der Waals surface area contributed by atoms with Gasteiger partial charge in [0, 0.05) is 0 Å². The predicted molar refractivity (Wildman–Crippen MR) is 134 cm³/mol. The van der Waals surface area contributed by atoms with Crippen molar-refractivity contribution in [3.63, 3.8) is 0 Å². The summed E-state index contributed by atoms with van der Waals surface area (Å²) in [7, 11) is 0. The summed E-state index contributed by atoms with van der Waals surface area (Å²) in [6.07, 6.45) is 18.5. The van der Waals surface area contributed by atoms with Gasteiger partial charge in [-0.2, -0.15) is 0 Å². The number of hydrogen-bond donors (Lipinski definition) is 2. The fourth-order valence-electron chi connectivity index (χ4n) is 6.62. The molecular formula is C29H56O2. The highest BCUT2D eigenvalue weighted by Gasteiger charge is 2.28. The molecule has 0 aromatic carbocycles. The molecule has 31 heavy (non-hydrogen) atoms. The van der Waals surface area contributed by atoms with Gasteiger partial charge < -0.3 is 10.2 Å². The lowest BCUT2D eigenvalue weighted by Crippen LogP contribution is -2.29. The van der Waals surface area contributed by atoms with E-state index in [0.29, 0.717) is 23.7 Å². The van der Waals surface area contributed by atoms with E-state index in [1.165, 1.54) is 70.6 Å². The Morgan fingerprint density at radius 1 is 0.806 bits per heavy atom. The Labute approximate surface area is 195 Å². The van der Waals surface area contributed by atoms with Crippen molar-refractivity contribution in [1.82, 2.24) is 0 Å². The second-order valence-corrected chi connectivity index (χ2v) is 12.2. The average Bonchev–Trinajstić information content (AvgIpc) is 2.74. The minimum Gasteiger partial charge on any atom is -0.393 e. The van der Waals surface area contributed by atoms with Crippen molar-refractivity contribution in [2.75, 3.05) is 0 Å². The second kappa shape index (κ2) is 14.2. The quantitative estimate of drug-likeness (QED) is 0.307. The first kappa shape index (κ1) is 27.2. The fraction of sp³-hybridized carbons (Fsp3) is 1.00. The lowest BCUT2D eigenvalue weighted by molar-refractivity contribution is 0.0436. The molecule has 184 valence electrons. The third-order valence-corrected chi connectivity index (χ3v) is 9.19. The largest absolute Gasteiger partial charge is 0.393 e. The second-order valence-electron chi connectivity index (χ2n) is 12.2. The summed E-state index contributed by atoms with van der Waals surface area (Å²) >= 11 is 0. The average molecular weight is 437 g/mol. The third kappa shape index (κ3) is 9.75. The van der Waals surface area contributed by atoms with Crippen LogP contribution >= 0.6 is 0 Å². The van der Waals surface area contributed by atoms with Crippen molar-refractivity contribution in [2.45, 2.75) is 143 Å². The molecule has 4 atom stereocenters. The number of aliphatic hydroxyl groups excluding tert-OH is 2. The van der Waals surface area contributed by atoms with Crippen molar-refractivity contribution in [1.29, 1.82) is 0 Å². The Morgan fingerprint density at radius 3 is 2.00 bits per heavy atom. The molecule has 0 aliphatic heterocycles. The zero-order valence-corrected chi connectivity index (χ0v) is 21.7. The molecule has 2 fully saturated rings. The monoisotopic (exact) mass is 436 g/mol. The molecule has 2 aliphatic rings. The van der Waals surface area contributed by atoms with E-state index in [4.69, 9.17) is 0 Å². The Bertz CT molecular complexity index is 446. The molecule has 3 unspecified atom stereocenters. The van der Waals surface area contributed by atoms with Gasteiger partial charge in [-0.05, 0) is 73.5 Å². The van der Waals surface area contributed by atoms with Crippen LogP contribution in [-0.4, -0.2) is 22.4 Å². The predicted octanol–water partition coefficient (Wildman–Crippen LogP) is 8.00. The summed E-state index contributed by atoms with van der Waals surface area (Å²) in [5, 5.41) is 21.7. The van der Waals surface area contributed by atoms with Gasteiger partial charge in [0.05, 0.1) is 12.2 Å². The van der Waals surface area contributed by atoms with Gasteiger partial charge in [0.1, 0.15) is 0 Å². The van der Waals surface area contributed by atoms with Crippen LogP contribution in [0.5, 0.6) is 0 Å². The van der Waals surface area contributed by atoms with Crippen LogP contribution < -0.4 is 0 Å². The molecule has 0 aromatic rings. The molecule has 0 spiro atoms. The topological polar surface area (TPSA) is 40.5 Å². The number of hydrogen-bond acceptors (Lipinski definition) is 2. The first-order valence-electron chi connectivity index (χ1n) is 14.2. The van der Waals surface area contributed by atoms with Gasteiger partial charge in [0.15, 0.2) is 0 Å². The first-order chi connectivity index (χ1) is 14.8. The number of aliphatic hydroxyl groups is 2. The molecule has 2 saturated carbocycles. The zero-order valence-electron chi connectivity index (χ0n) is 21.7. The van der Waals surface area contributed by atoms with Gasteiger partial charge in [0.25, 0.3) is 0 Å². The van der Waals surface area contributed by atoms with Crippen molar-refractivity contribution < 1.29 is 10.2 Å². The standard InChI is InChI=1S/C29H56O2/c1-6-8-24-13-15-25(16-14-24)19-23(5)28(30)10-7-9-27(21(2)3)20-29(31)26-17-11-22(4)12-18-26/h21-31H,6-20H2,1-5H3/t22?,23-,24?,25?,26?,27?,28?,29?/m1/s1. The molecule has 2 aliphatic carbocycles. The summed E-state index contributed by atoms with van der Waals surface area (Å²) in [4.78, 5) is 0. The first-order valence-corrected chi connectivity index (χ1v) is 14.2. The Hall–Kier alpha value is -0.0800. The summed E-state index contributed by atoms with van der Waals surface area (Å²) in [6.45, 7) is 11.6. The highest BCUT2D eigenvalue weighted by Crippen LogP contribution is 2.37. The summed E-state index contributed by atoms with van der Waals surface area (Å²) in [5.74, 6) is 4.82. The lowest BCUT2D eigenvalue weighted by atomic mass is 9.75. The minimum absolute atomic E-state index is 0.119. The van der Waals surface area contributed by atoms with Crippen LogP contribution in [0.2, 0.25) is 0 Å². The molecule has 0 aromatic heterocycles. The SMILES string of the molecule is CCCC1CCC(C[C@@H](C)C(O)CCCC(CC(O)C2CCC(C)CC2)C(C)C)CC1. The molecule has 2 heteroatoms. The van der Waals surface area contributed by atoms with Gasteiger partial charge in [-0.15, -0.1) is 0 Å². The zero-order chi connectivity index (χ0) is 22.8. The molecule has 0 amide bonds. The normalized spacial score (nSPS) is 31.4. The fourth-order valence-corrected chi connectivity index (χ4v) is 6.62. The molecule has 0 heterocycles. The van der Waals surface area contributed by atoms with E-state index in [1.54, 1.807) is 0 Å². The van der Waals surface area contributed by atoms with Crippen molar-refractivity contribution in [3.05, 3.63) is 0 Å². The Balaban J connectivity index is 1.66. The molecule has 2 N–H and O–H groups in total. The van der Waals surface area contributed by atoms with Crippen LogP contribution in [0.15, 0.2) is 0 Å². The molecule has 2 nitrogen and oxygen atoms in total. The maximum Gasteiger partial charge on any atom is 0.0571 e. The van der Waals surface area contributed by atoms with Crippen molar-refractivity contribution in [2.24, 2.45) is 41.4 Å². The number of rotatable bonds is 13. The van der Waals surface area contributed by atoms with Crippen LogP contribution in [0.25, 0.3) is 0 Å². The molecule has 0 bridgehead atoms. The van der Waals surface area contributed by atoms with E-state index >= 15 is 0 Å². The van der Waals surface area contributed by atoms with E-state index in [-0.39, 0.29) is 12.2 Å². The van der Waals surface area contributed by atoms with Crippen molar-refractivity contribution in [3.8, 4) is 0 Å². The summed E-state index contributed by atoms with van der Waals surface area (Å²) in [6, 6.07) is 0. The van der Waals surface area contributed by atoms with E-state index < -0.39 is 0 Å². The summed E-state index contributed by atoms with van der Waals surface area (Å²) < 4.78 is 0. The van der Waals surface area contributed by atoms with Crippen molar-refractivity contribution >= 4 is 0 Å². The minimum atomic E-state index is -0.147. The Morgan fingerprint density at radius 2 is 1.42 bits per heavy atom. The van der Waals surface area contributed by atoms with Crippen LogP contribution in [0.4, 0.5) is 0 Å². The molecule has 2 rings (SSSR count). The van der Waals surface area contributed by atoms with E-state index in [9.17, 15) is 10.2 Å².